The summed E-state index contributed by atoms with van der Waals surface area (Å²) in [6.07, 6.45) is 1.66. The first-order chi connectivity index (χ1) is 23.8. The lowest BCUT2D eigenvalue weighted by Crippen LogP contribution is -2.30. The van der Waals surface area contributed by atoms with E-state index in [-0.39, 0.29) is 17.4 Å². The minimum absolute atomic E-state index is 0.103. The quantitative estimate of drug-likeness (QED) is 0.0942. The molecule has 9 heteroatoms. The van der Waals surface area contributed by atoms with Gasteiger partial charge >= 0.3 is 0 Å². The fourth-order valence-electron chi connectivity index (χ4n) is 4.99. The van der Waals surface area contributed by atoms with E-state index in [9.17, 15) is 14.4 Å². The number of carbonyl (C=O) groups excluding carboxylic acids is 3. The van der Waals surface area contributed by atoms with Gasteiger partial charge in [0.05, 0.1) is 5.75 Å². The topological polar surface area (TPSA) is 113 Å². The number of aromatic nitrogens is 1. The lowest BCUT2D eigenvalue weighted by Gasteiger charge is -2.13. The summed E-state index contributed by atoms with van der Waals surface area (Å²) in [7, 11) is 0. The van der Waals surface area contributed by atoms with Gasteiger partial charge in [-0.1, -0.05) is 74.5 Å². The van der Waals surface area contributed by atoms with Gasteiger partial charge in [0, 0.05) is 27.4 Å². The van der Waals surface area contributed by atoms with Gasteiger partial charge in [-0.3, -0.25) is 14.4 Å². The van der Waals surface area contributed by atoms with Gasteiger partial charge in [-0.05, 0) is 89.9 Å². The normalized spacial score (nSPS) is 11.4. The first-order valence-electron chi connectivity index (χ1n) is 15.8. The molecule has 6 rings (SSSR count). The van der Waals surface area contributed by atoms with E-state index in [1.807, 2.05) is 84.9 Å². The predicted molar refractivity (Wildman–Crippen MR) is 196 cm³/mol. The van der Waals surface area contributed by atoms with Gasteiger partial charge < -0.3 is 20.4 Å². The zero-order chi connectivity index (χ0) is 34.2. The van der Waals surface area contributed by atoms with Crippen molar-refractivity contribution >= 4 is 58.0 Å². The molecule has 244 valence electrons. The molecule has 0 aliphatic rings. The fraction of sp³-hybridized carbons (Fsp3) is 0.100. The molecule has 0 atom stereocenters. The largest absolute Gasteiger partial charge is 0.436 e. The molecule has 8 nitrogen and oxygen atoms in total. The molecule has 0 spiro atoms. The number of carbonyl (C=O) groups is 3. The van der Waals surface area contributed by atoms with Gasteiger partial charge in [0.2, 0.25) is 11.8 Å². The number of oxazole rings is 1. The second-order valence-corrected chi connectivity index (χ2v) is 12.6. The number of fused-ring (bicyclic) bond motifs is 1. The van der Waals surface area contributed by atoms with Crippen molar-refractivity contribution in [3.05, 3.63) is 150 Å². The van der Waals surface area contributed by atoms with E-state index in [0.29, 0.717) is 28.7 Å². The lowest BCUT2D eigenvalue weighted by atomic mass is 10.0. The molecule has 0 unspecified atom stereocenters. The smallest absolute Gasteiger partial charge is 0.272 e. The summed E-state index contributed by atoms with van der Waals surface area (Å²) in [5, 5.41) is 8.59. The van der Waals surface area contributed by atoms with E-state index in [4.69, 9.17) is 4.42 Å². The van der Waals surface area contributed by atoms with Gasteiger partial charge in [-0.2, -0.15) is 0 Å². The number of thioether (sulfide) groups is 1. The molecule has 0 saturated heterocycles. The maximum atomic E-state index is 13.5. The van der Waals surface area contributed by atoms with Crippen LogP contribution in [0.2, 0.25) is 0 Å². The first-order valence-corrected chi connectivity index (χ1v) is 16.8. The molecule has 0 fully saturated rings. The average molecular weight is 667 g/mol. The zero-order valence-corrected chi connectivity index (χ0v) is 27.8. The molecule has 0 aliphatic heterocycles. The number of hydrogen-bond acceptors (Lipinski definition) is 6. The van der Waals surface area contributed by atoms with Gasteiger partial charge in [-0.25, -0.2) is 4.98 Å². The van der Waals surface area contributed by atoms with Gasteiger partial charge in [-0.15, -0.1) is 11.8 Å². The Labute approximate surface area is 288 Å². The Morgan fingerprint density at radius 2 is 1.51 bits per heavy atom. The maximum absolute atomic E-state index is 13.5. The van der Waals surface area contributed by atoms with Crippen molar-refractivity contribution in [2.24, 2.45) is 0 Å². The lowest BCUT2D eigenvalue weighted by molar-refractivity contribution is -0.114. The fourth-order valence-corrected chi connectivity index (χ4v) is 5.74. The molecular weight excluding hydrogens is 633 g/mol. The number of amides is 3. The number of hydrogen-bond donors (Lipinski definition) is 3. The van der Waals surface area contributed by atoms with Crippen molar-refractivity contribution in [2.45, 2.75) is 24.7 Å². The van der Waals surface area contributed by atoms with Crippen LogP contribution >= 0.6 is 11.8 Å². The molecule has 0 saturated carbocycles. The highest BCUT2D eigenvalue weighted by atomic mass is 32.2. The summed E-state index contributed by atoms with van der Waals surface area (Å²) < 4.78 is 5.83. The molecule has 1 aromatic heterocycles. The Morgan fingerprint density at radius 1 is 0.776 bits per heavy atom. The molecule has 3 N–H and O–H groups in total. The van der Waals surface area contributed by atoms with Crippen LogP contribution in [0.3, 0.4) is 0 Å². The highest BCUT2D eigenvalue weighted by Crippen LogP contribution is 2.26. The Kier molecular flexibility index (Phi) is 10.3. The summed E-state index contributed by atoms with van der Waals surface area (Å²) in [5.74, 6) is 0.00732. The SMILES string of the molecule is CC(C)c1ccc(/C=C(/NC(=O)c2ccccc2)C(=O)Nc2cccc(SCC(=O)Nc3ccc(-c4nc5ccccc5o4)cc3)c2)cc1. The minimum atomic E-state index is -0.474. The van der Waals surface area contributed by atoms with Gasteiger partial charge in [0.1, 0.15) is 11.2 Å². The molecule has 49 heavy (non-hydrogen) atoms. The molecular formula is C40H34N4O4S. The number of anilines is 2. The Balaban J connectivity index is 1.08. The molecule has 0 radical (unpaired) electrons. The second kappa shape index (κ2) is 15.3. The minimum Gasteiger partial charge on any atom is -0.436 e. The second-order valence-electron chi connectivity index (χ2n) is 11.6. The number of benzene rings is 5. The van der Waals surface area contributed by atoms with Gasteiger partial charge in [0.15, 0.2) is 5.58 Å². The third-order valence-corrected chi connectivity index (χ3v) is 8.61. The van der Waals surface area contributed by atoms with E-state index in [2.05, 4.69) is 34.8 Å². The van der Waals surface area contributed by atoms with Crippen LogP contribution < -0.4 is 16.0 Å². The van der Waals surface area contributed by atoms with E-state index < -0.39 is 11.8 Å². The standard InChI is InChI=1S/C40H34N4O4S/c1-26(2)28-17-15-27(16-18-28)23-35(43-38(46)29-9-4-3-5-10-29)39(47)42-32-11-8-12-33(24-32)49-25-37(45)41-31-21-19-30(20-22-31)40-44-34-13-6-7-14-36(34)48-40/h3-24,26H,25H2,1-2H3,(H,41,45)(H,42,47)(H,43,46)/b35-23+. The van der Waals surface area contributed by atoms with Crippen molar-refractivity contribution in [1.29, 1.82) is 0 Å². The summed E-state index contributed by atoms with van der Waals surface area (Å²) in [4.78, 5) is 44.6. The number of nitrogens with one attached hydrogen (secondary N) is 3. The van der Waals surface area contributed by atoms with Crippen LogP contribution in [-0.4, -0.2) is 28.5 Å². The maximum Gasteiger partial charge on any atom is 0.272 e. The van der Waals surface area contributed by atoms with Crippen LogP contribution in [-0.2, 0) is 9.59 Å². The average Bonchev–Trinajstić information content (AvgIpc) is 3.56. The number of nitrogens with zero attached hydrogens (tertiary/aromatic N) is 1. The van der Waals surface area contributed by atoms with Crippen molar-refractivity contribution < 1.29 is 18.8 Å². The van der Waals surface area contributed by atoms with Gasteiger partial charge in [0.25, 0.3) is 11.8 Å². The van der Waals surface area contributed by atoms with Crippen molar-refractivity contribution in [3.63, 3.8) is 0 Å². The molecule has 5 aromatic carbocycles. The molecule has 6 aromatic rings. The van der Waals surface area contributed by atoms with Crippen LogP contribution in [0.4, 0.5) is 11.4 Å². The summed E-state index contributed by atoms with van der Waals surface area (Å²) in [6, 6.07) is 38.7. The Bertz CT molecular complexity index is 2090. The van der Waals surface area contributed by atoms with E-state index in [1.54, 1.807) is 48.5 Å². The Hall–Kier alpha value is -5.93. The van der Waals surface area contributed by atoms with Crippen LogP contribution in [0, 0.1) is 0 Å². The third kappa shape index (κ3) is 8.71. The van der Waals surface area contributed by atoms with Crippen molar-refractivity contribution in [2.75, 3.05) is 16.4 Å². The molecule has 3 amide bonds. The highest BCUT2D eigenvalue weighted by molar-refractivity contribution is 8.00. The summed E-state index contributed by atoms with van der Waals surface area (Å²) in [5.41, 5.74) is 5.99. The zero-order valence-electron chi connectivity index (χ0n) is 27.0. The summed E-state index contributed by atoms with van der Waals surface area (Å²) >= 11 is 1.34. The third-order valence-electron chi connectivity index (χ3n) is 7.61. The van der Waals surface area contributed by atoms with E-state index in [0.717, 1.165) is 27.1 Å². The number of para-hydroxylation sites is 2. The monoisotopic (exact) mass is 666 g/mol. The number of rotatable bonds is 11. The highest BCUT2D eigenvalue weighted by Gasteiger charge is 2.16. The Morgan fingerprint density at radius 3 is 2.24 bits per heavy atom. The first kappa shape index (κ1) is 33.0. The predicted octanol–water partition coefficient (Wildman–Crippen LogP) is 8.76. The van der Waals surface area contributed by atoms with Crippen molar-refractivity contribution in [3.8, 4) is 11.5 Å². The van der Waals surface area contributed by atoms with Crippen LogP contribution in [0.1, 0.15) is 41.3 Å². The van der Waals surface area contributed by atoms with Crippen LogP contribution in [0.15, 0.2) is 142 Å². The van der Waals surface area contributed by atoms with E-state index >= 15 is 0 Å². The van der Waals surface area contributed by atoms with E-state index in [1.165, 1.54) is 17.3 Å². The van der Waals surface area contributed by atoms with Crippen molar-refractivity contribution in [1.82, 2.24) is 10.3 Å². The van der Waals surface area contributed by atoms with Crippen LogP contribution in [0.5, 0.6) is 0 Å². The molecule has 0 aliphatic carbocycles. The molecule has 0 bridgehead atoms. The summed E-state index contributed by atoms with van der Waals surface area (Å²) in [6.45, 7) is 4.23. The molecule has 1 heterocycles. The van der Waals surface area contributed by atoms with Crippen LogP contribution in [0.25, 0.3) is 28.6 Å².